The Hall–Kier alpha value is -1.82. The summed E-state index contributed by atoms with van der Waals surface area (Å²) in [7, 11) is 2.10. The summed E-state index contributed by atoms with van der Waals surface area (Å²) in [4.78, 5) is 15.7. The molecule has 1 heterocycles. The van der Waals surface area contributed by atoms with Gasteiger partial charge in [-0.3, -0.25) is 10.1 Å². The van der Waals surface area contributed by atoms with Gasteiger partial charge >= 0.3 is 5.69 Å². The number of para-hydroxylation sites is 1. The average Bonchev–Trinajstić information content (AvgIpc) is 2.59. The van der Waals surface area contributed by atoms with Gasteiger partial charge in [-0.15, -0.1) is 0 Å². The number of anilines is 2. The smallest absolute Gasteiger partial charge is 0.315 e. The van der Waals surface area contributed by atoms with Gasteiger partial charge in [0.05, 0.1) is 4.92 Å². The quantitative estimate of drug-likeness (QED) is 0.682. The highest BCUT2D eigenvalue weighted by Gasteiger charge is 2.28. The highest BCUT2D eigenvalue weighted by molar-refractivity contribution is 5.77. The van der Waals surface area contributed by atoms with Gasteiger partial charge in [-0.05, 0) is 46.0 Å². The molecule has 1 aliphatic heterocycles. The zero-order valence-electron chi connectivity index (χ0n) is 13.0. The van der Waals surface area contributed by atoms with Gasteiger partial charge in [0, 0.05) is 25.7 Å². The molecule has 1 aliphatic rings. The Labute approximate surface area is 125 Å². The summed E-state index contributed by atoms with van der Waals surface area (Å²) in [5.41, 5.74) is 1.52. The minimum atomic E-state index is -0.269. The number of nitrogens with one attached hydrogen (secondary N) is 1. The van der Waals surface area contributed by atoms with E-state index in [1.54, 1.807) is 6.07 Å². The molecule has 6 nitrogen and oxygen atoms in total. The van der Waals surface area contributed by atoms with E-state index in [-0.39, 0.29) is 16.7 Å². The van der Waals surface area contributed by atoms with Crippen molar-refractivity contribution >= 4 is 17.1 Å². The molecular weight excluding hydrogens is 268 g/mol. The van der Waals surface area contributed by atoms with Crippen molar-refractivity contribution in [3.63, 3.8) is 0 Å². The number of benzene rings is 1. The Morgan fingerprint density at radius 2 is 2.19 bits per heavy atom. The molecule has 0 radical (unpaired) electrons. The number of nitro groups is 1. The molecule has 0 aromatic heterocycles. The number of likely N-dealkylation sites (N-methyl/N-ethyl adjacent to an activating group) is 1. The van der Waals surface area contributed by atoms with E-state index >= 15 is 0 Å². The van der Waals surface area contributed by atoms with Gasteiger partial charge < -0.3 is 15.1 Å². The van der Waals surface area contributed by atoms with Crippen LogP contribution in [0.2, 0.25) is 0 Å². The molecule has 0 amide bonds. The summed E-state index contributed by atoms with van der Waals surface area (Å²) < 4.78 is 0. The molecule has 1 N–H and O–H groups in total. The summed E-state index contributed by atoms with van der Waals surface area (Å²) >= 11 is 0. The van der Waals surface area contributed by atoms with Gasteiger partial charge in [0.25, 0.3) is 0 Å². The van der Waals surface area contributed by atoms with Crippen LogP contribution in [0.25, 0.3) is 0 Å². The van der Waals surface area contributed by atoms with Crippen molar-refractivity contribution in [1.82, 2.24) is 4.90 Å². The predicted molar refractivity (Wildman–Crippen MR) is 86.2 cm³/mol. The van der Waals surface area contributed by atoms with Crippen LogP contribution < -0.4 is 10.2 Å². The minimum absolute atomic E-state index is 0.191. The highest BCUT2D eigenvalue weighted by Crippen LogP contribution is 2.36. The lowest BCUT2D eigenvalue weighted by molar-refractivity contribution is -0.383. The maximum atomic E-state index is 11.5. The fraction of sp³-hybridized carbons (Fsp3) is 0.600. The molecule has 1 fully saturated rings. The lowest BCUT2D eigenvalue weighted by Crippen LogP contribution is -2.38. The van der Waals surface area contributed by atoms with Crippen molar-refractivity contribution in [2.45, 2.75) is 26.3 Å². The Morgan fingerprint density at radius 3 is 2.86 bits per heavy atom. The first kappa shape index (κ1) is 15.6. The van der Waals surface area contributed by atoms with Gasteiger partial charge in [0.15, 0.2) is 0 Å². The second-order valence-corrected chi connectivity index (χ2v) is 5.62. The molecule has 0 bridgehead atoms. The van der Waals surface area contributed by atoms with Gasteiger partial charge in [-0.25, -0.2) is 0 Å². The molecule has 116 valence electrons. The van der Waals surface area contributed by atoms with Crippen molar-refractivity contribution in [2.24, 2.45) is 0 Å². The summed E-state index contributed by atoms with van der Waals surface area (Å²) in [5, 5.41) is 14.6. The SMILES string of the molecule is CCNc1cccc(N2CCCN(C)CC2C)c1[N+](=O)[O-]. The molecule has 1 unspecified atom stereocenters. The third-order valence-corrected chi connectivity index (χ3v) is 3.92. The van der Waals surface area contributed by atoms with Crippen LogP contribution >= 0.6 is 0 Å². The molecule has 1 saturated heterocycles. The normalized spacial score (nSPS) is 20.1. The zero-order valence-corrected chi connectivity index (χ0v) is 13.0. The van der Waals surface area contributed by atoms with Gasteiger partial charge in [-0.2, -0.15) is 0 Å². The molecule has 21 heavy (non-hydrogen) atoms. The summed E-state index contributed by atoms with van der Waals surface area (Å²) in [6, 6.07) is 5.79. The van der Waals surface area contributed by atoms with Crippen LogP contribution in [-0.4, -0.2) is 49.1 Å². The van der Waals surface area contributed by atoms with Crippen molar-refractivity contribution < 1.29 is 4.92 Å². The number of hydrogen-bond donors (Lipinski definition) is 1. The van der Waals surface area contributed by atoms with E-state index in [0.29, 0.717) is 12.2 Å². The second-order valence-electron chi connectivity index (χ2n) is 5.62. The van der Waals surface area contributed by atoms with Crippen LogP contribution in [0.15, 0.2) is 18.2 Å². The summed E-state index contributed by atoms with van der Waals surface area (Å²) in [5.74, 6) is 0. The maximum absolute atomic E-state index is 11.5. The van der Waals surface area contributed by atoms with E-state index in [4.69, 9.17) is 0 Å². The van der Waals surface area contributed by atoms with E-state index < -0.39 is 0 Å². The Kier molecular flexibility index (Phi) is 5.01. The van der Waals surface area contributed by atoms with E-state index in [1.807, 2.05) is 19.1 Å². The summed E-state index contributed by atoms with van der Waals surface area (Å²) in [6.07, 6.45) is 1.02. The molecule has 0 spiro atoms. The molecule has 6 heteroatoms. The molecule has 2 rings (SSSR count). The maximum Gasteiger partial charge on any atom is 0.315 e. The first-order valence-corrected chi connectivity index (χ1v) is 7.51. The Bertz CT molecular complexity index is 506. The zero-order chi connectivity index (χ0) is 15.4. The molecule has 1 aromatic carbocycles. The van der Waals surface area contributed by atoms with Crippen LogP contribution in [0, 0.1) is 10.1 Å². The lowest BCUT2D eigenvalue weighted by atomic mass is 10.1. The number of rotatable bonds is 4. The monoisotopic (exact) mass is 292 g/mol. The van der Waals surface area contributed by atoms with Gasteiger partial charge in [0.2, 0.25) is 0 Å². The Morgan fingerprint density at radius 1 is 1.43 bits per heavy atom. The topological polar surface area (TPSA) is 61.6 Å². The van der Waals surface area contributed by atoms with E-state index in [9.17, 15) is 10.1 Å². The van der Waals surface area contributed by atoms with E-state index in [0.717, 1.165) is 31.7 Å². The molecule has 0 aliphatic carbocycles. The largest absolute Gasteiger partial charge is 0.380 e. The van der Waals surface area contributed by atoms with Gasteiger partial charge in [-0.1, -0.05) is 6.07 Å². The van der Waals surface area contributed by atoms with Crippen molar-refractivity contribution in [2.75, 3.05) is 43.4 Å². The van der Waals surface area contributed by atoms with Crippen LogP contribution in [0.4, 0.5) is 17.1 Å². The van der Waals surface area contributed by atoms with E-state index in [2.05, 4.69) is 29.1 Å². The number of nitrogens with zero attached hydrogens (tertiary/aromatic N) is 3. The third-order valence-electron chi connectivity index (χ3n) is 3.92. The molecule has 1 atom stereocenters. The van der Waals surface area contributed by atoms with Crippen molar-refractivity contribution in [1.29, 1.82) is 0 Å². The highest BCUT2D eigenvalue weighted by atomic mass is 16.6. The standard InChI is InChI=1S/C15H24N4O2/c1-4-16-13-7-5-8-14(15(13)19(20)21)18-10-6-9-17(3)11-12(18)2/h5,7-8,12,16H,4,6,9-11H2,1-3H3. The lowest BCUT2D eigenvalue weighted by Gasteiger charge is -2.30. The first-order chi connectivity index (χ1) is 10.0. The van der Waals surface area contributed by atoms with Crippen LogP contribution in [-0.2, 0) is 0 Å². The number of nitro benzene ring substituents is 1. The predicted octanol–water partition coefficient (Wildman–Crippen LogP) is 2.56. The van der Waals surface area contributed by atoms with Crippen LogP contribution in [0.1, 0.15) is 20.3 Å². The second kappa shape index (κ2) is 6.76. The van der Waals surface area contributed by atoms with Crippen LogP contribution in [0.5, 0.6) is 0 Å². The fourth-order valence-corrected chi connectivity index (χ4v) is 3.02. The number of hydrogen-bond acceptors (Lipinski definition) is 5. The minimum Gasteiger partial charge on any atom is -0.380 e. The molecule has 1 aromatic rings. The Balaban J connectivity index is 2.42. The van der Waals surface area contributed by atoms with Crippen molar-refractivity contribution in [3.8, 4) is 0 Å². The van der Waals surface area contributed by atoms with Crippen LogP contribution in [0.3, 0.4) is 0 Å². The van der Waals surface area contributed by atoms with E-state index in [1.165, 1.54) is 0 Å². The molecule has 0 saturated carbocycles. The van der Waals surface area contributed by atoms with Gasteiger partial charge in [0.1, 0.15) is 11.4 Å². The third kappa shape index (κ3) is 3.44. The summed E-state index contributed by atoms with van der Waals surface area (Å²) in [6.45, 7) is 7.54. The molecular formula is C15H24N4O2. The van der Waals surface area contributed by atoms with Crippen molar-refractivity contribution in [3.05, 3.63) is 28.3 Å². The average molecular weight is 292 g/mol. The fourth-order valence-electron chi connectivity index (χ4n) is 3.02. The first-order valence-electron chi connectivity index (χ1n) is 7.51.